The Labute approximate surface area is 177 Å². The minimum absolute atomic E-state index is 0.0631. The Hall–Kier alpha value is -1.55. The molecule has 1 amide bonds. The van der Waals surface area contributed by atoms with Gasteiger partial charge < -0.3 is 15.0 Å². The minimum Gasteiger partial charge on any atom is -0.445 e. The molecular formula is C25H40N2O2. The predicted molar refractivity (Wildman–Crippen MR) is 119 cm³/mol. The maximum Gasteiger partial charge on any atom is 0.410 e. The van der Waals surface area contributed by atoms with Gasteiger partial charge in [-0.05, 0) is 63.1 Å². The number of rotatable bonds is 12. The molecule has 1 N–H and O–H groups in total. The van der Waals surface area contributed by atoms with Crippen molar-refractivity contribution in [2.75, 3.05) is 19.6 Å². The molecule has 3 fully saturated rings. The van der Waals surface area contributed by atoms with Crippen molar-refractivity contribution in [2.24, 2.45) is 5.92 Å². The molecule has 4 heteroatoms. The number of benzene rings is 1. The van der Waals surface area contributed by atoms with Crippen LogP contribution in [0.5, 0.6) is 0 Å². The zero-order valence-electron chi connectivity index (χ0n) is 18.3. The molecule has 0 unspecified atom stereocenters. The number of hydrogen-bond donors (Lipinski definition) is 1. The lowest BCUT2D eigenvalue weighted by Gasteiger charge is -2.54. The summed E-state index contributed by atoms with van der Waals surface area (Å²) in [5.74, 6) is 0.679. The number of carbonyl (C=O) groups excluding carboxylic acids is 1. The number of carbonyl (C=O) groups is 1. The fraction of sp³-hybridized carbons (Fsp3) is 0.720. The lowest BCUT2D eigenvalue weighted by molar-refractivity contribution is -0.0381. The molecule has 2 aliphatic heterocycles. The largest absolute Gasteiger partial charge is 0.445 e. The third-order valence-electron chi connectivity index (χ3n) is 6.97. The summed E-state index contributed by atoms with van der Waals surface area (Å²) in [4.78, 5) is 15.0. The van der Waals surface area contributed by atoms with E-state index in [2.05, 4.69) is 17.1 Å². The fourth-order valence-electron chi connectivity index (χ4n) is 5.16. The zero-order chi connectivity index (χ0) is 20.4. The van der Waals surface area contributed by atoms with Crippen LogP contribution in [0.3, 0.4) is 0 Å². The van der Waals surface area contributed by atoms with Crippen LogP contribution in [-0.4, -0.2) is 36.2 Å². The molecule has 0 radical (unpaired) electrons. The van der Waals surface area contributed by atoms with E-state index >= 15 is 0 Å². The van der Waals surface area contributed by atoms with Gasteiger partial charge in [-0.2, -0.15) is 0 Å². The van der Waals surface area contributed by atoms with Gasteiger partial charge in [-0.1, -0.05) is 69.4 Å². The van der Waals surface area contributed by atoms with E-state index in [0.717, 1.165) is 31.6 Å². The van der Waals surface area contributed by atoms with Crippen LogP contribution in [0, 0.1) is 5.92 Å². The molecular weight excluding hydrogens is 360 g/mol. The highest BCUT2D eigenvalue weighted by Crippen LogP contribution is 2.46. The predicted octanol–water partition coefficient (Wildman–Crippen LogP) is 5.91. The Kier molecular flexibility index (Phi) is 8.85. The molecule has 3 aliphatic rings. The summed E-state index contributed by atoms with van der Waals surface area (Å²) in [6, 6.07) is 10.0. The maximum absolute atomic E-state index is 12.9. The maximum atomic E-state index is 12.9. The smallest absolute Gasteiger partial charge is 0.410 e. The lowest BCUT2D eigenvalue weighted by atomic mass is 9.68. The van der Waals surface area contributed by atoms with Crippen LogP contribution < -0.4 is 5.32 Å². The van der Waals surface area contributed by atoms with Crippen LogP contribution in [0.4, 0.5) is 4.79 Å². The van der Waals surface area contributed by atoms with E-state index in [1.165, 1.54) is 64.2 Å². The average Bonchev–Trinajstić information content (AvgIpc) is 2.77. The summed E-state index contributed by atoms with van der Waals surface area (Å²) >= 11 is 0. The van der Waals surface area contributed by atoms with Crippen LogP contribution >= 0.6 is 0 Å². The lowest BCUT2D eigenvalue weighted by Crippen LogP contribution is -2.60. The van der Waals surface area contributed by atoms with Crippen LogP contribution in [0.15, 0.2) is 30.3 Å². The molecule has 4 rings (SSSR count). The van der Waals surface area contributed by atoms with Crippen molar-refractivity contribution in [1.29, 1.82) is 0 Å². The Bertz CT molecular complexity index is 596. The molecule has 1 aromatic rings. The summed E-state index contributed by atoms with van der Waals surface area (Å²) in [5.41, 5.74) is 1.12. The van der Waals surface area contributed by atoms with Crippen molar-refractivity contribution in [3.63, 3.8) is 0 Å². The Morgan fingerprint density at radius 2 is 1.76 bits per heavy atom. The van der Waals surface area contributed by atoms with Gasteiger partial charge in [0.1, 0.15) is 6.61 Å². The Morgan fingerprint density at radius 1 is 1.07 bits per heavy atom. The van der Waals surface area contributed by atoms with Gasteiger partial charge >= 0.3 is 6.09 Å². The number of nitrogens with zero attached hydrogens (tertiary/aromatic N) is 1. The minimum atomic E-state index is -0.0957. The standard InChI is InChI=1S/C25H40N2O2/c1-2-26-19-11-6-4-3-5-10-16-25-17-14-22(15-18-25)20-27(25)24(28)29-21-23-12-8-7-9-13-23/h7-9,12-13,22,26H,2-6,10-11,14-21H2,1H3. The first kappa shape index (κ1) is 22.1. The van der Waals surface area contributed by atoms with Gasteiger partial charge in [0.2, 0.25) is 0 Å². The Morgan fingerprint density at radius 3 is 2.48 bits per heavy atom. The van der Waals surface area contributed by atoms with Crippen LogP contribution in [0.1, 0.15) is 83.1 Å². The van der Waals surface area contributed by atoms with E-state index in [4.69, 9.17) is 4.74 Å². The van der Waals surface area contributed by atoms with E-state index in [0.29, 0.717) is 12.5 Å². The number of fused-ring (bicyclic) bond motifs is 3. The normalized spacial score (nSPS) is 23.3. The molecule has 29 heavy (non-hydrogen) atoms. The van der Waals surface area contributed by atoms with E-state index in [9.17, 15) is 4.79 Å². The van der Waals surface area contributed by atoms with Crippen LogP contribution in [-0.2, 0) is 11.3 Å². The van der Waals surface area contributed by atoms with Crippen molar-refractivity contribution < 1.29 is 9.53 Å². The first-order chi connectivity index (χ1) is 14.2. The second-order valence-corrected chi connectivity index (χ2v) is 9.04. The van der Waals surface area contributed by atoms with E-state index in [1.54, 1.807) is 0 Å². The van der Waals surface area contributed by atoms with Gasteiger partial charge in [-0.3, -0.25) is 0 Å². The molecule has 162 valence electrons. The third-order valence-corrected chi connectivity index (χ3v) is 6.97. The van der Waals surface area contributed by atoms with E-state index < -0.39 is 0 Å². The molecule has 1 aliphatic carbocycles. The molecule has 0 spiro atoms. The van der Waals surface area contributed by atoms with E-state index in [-0.39, 0.29) is 11.6 Å². The van der Waals surface area contributed by atoms with Crippen molar-refractivity contribution in [3.8, 4) is 0 Å². The van der Waals surface area contributed by atoms with Crippen molar-refractivity contribution >= 4 is 6.09 Å². The summed E-state index contributed by atoms with van der Waals surface area (Å²) in [6.07, 6.45) is 13.8. The molecule has 0 atom stereocenters. The summed E-state index contributed by atoms with van der Waals surface area (Å²) in [5, 5.41) is 3.40. The topological polar surface area (TPSA) is 41.6 Å². The fourth-order valence-corrected chi connectivity index (χ4v) is 5.16. The second-order valence-electron chi connectivity index (χ2n) is 9.04. The van der Waals surface area contributed by atoms with E-state index in [1.807, 2.05) is 30.3 Å². The van der Waals surface area contributed by atoms with Crippen molar-refractivity contribution in [3.05, 3.63) is 35.9 Å². The quantitative estimate of drug-likeness (QED) is 0.444. The second kappa shape index (κ2) is 11.6. The van der Waals surface area contributed by atoms with Gasteiger partial charge in [-0.25, -0.2) is 4.79 Å². The molecule has 2 heterocycles. The zero-order valence-corrected chi connectivity index (χ0v) is 18.3. The van der Waals surface area contributed by atoms with Gasteiger partial charge in [0.15, 0.2) is 0 Å². The molecule has 0 aromatic heterocycles. The highest BCUT2D eigenvalue weighted by Gasteiger charge is 2.48. The van der Waals surface area contributed by atoms with Crippen LogP contribution in [0.25, 0.3) is 0 Å². The first-order valence-electron chi connectivity index (χ1n) is 11.9. The molecule has 2 bridgehead atoms. The van der Waals surface area contributed by atoms with Crippen molar-refractivity contribution in [2.45, 2.75) is 89.7 Å². The molecule has 1 saturated carbocycles. The number of amides is 1. The van der Waals surface area contributed by atoms with Gasteiger partial charge in [0, 0.05) is 12.1 Å². The highest BCUT2D eigenvalue weighted by molar-refractivity contribution is 5.69. The van der Waals surface area contributed by atoms with Gasteiger partial charge in [-0.15, -0.1) is 0 Å². The van der Waals surface area contributed by atoms with Crippen molar-refractivity contribution in [1.82, 2.24) is 10.2 Å². The Balaban J connectivity index is 1.42. The number of ether oxygens (including phenoxy) is 1. The number of unbranched alkanes of at least 4 members (excludes halogenated alkanes) is 5. The van der Waals surface area contributed by atoms with Gasteiger partial charge in [0.05, 0.1) is 0 Å². The molecule has 2 saturated heterocycles. The molecule has 1 aromatic carbocycles. The number of piperidine rings is 2. The summed E-state index contributed by atoms with van der Waals surface area (Å²) < 4.78 is 5.72. The monoisotopic (exact) mass is 400 g/mol. The number of nitrogens with one attached hydrogen (secondary N) is 1. The summed E-state index contributed by atoms with van der Waals surface area (Å²) in [6.45, 7) is 5.68. The molecule has 4 nitrogen and oxygen atoms in total. The summed E-state index contributed by atoms with van der Waals surface area (Å²) in [7, 11) is 0. The third kappa shape index (κ3) is 6.47. The first-order valence-corrected chi connectivity index (χ1v) is 11.9. The van der Waals surface area contributed by atoms with Crippen LogP contribution in [0.2, 0.25) is 0 Å². The average molecular weight is 401 g/mol. The SMILES string of the molecule is CCNCCCCCCCCC12CCC(CC1)CN2C(=O)OCc1ccccc1. The number of hydrogen-bond acceptors (Lipinski definition) is 3. The van der Waals surface area contributed by atoms with Gasteiger partial charge in [0.25, 0.3) is 0 Å². The highest BCUT2D eigenvalue weighted by atomic mass is 16.6.